The highest BCUT2D eigenvalue weighted by molar-refractivity contribution is 5.47. The summed E-state index contributed by atoms with van der Waals surface area (Å²) < 4.78 is 10.8. The van der Waals surface area contributed by atoms with E-state index in [0.717, 1.165) is 30.5 Å². The van der Waals surface area contributed by atoms with Crippen molar-refractivity contribution < 1.29 is 9.47 Å². The van der Waals surface area contributed by atoms with E-state index in [1.165, 1.54) is 12.0 Å². The van der Waals surface area contributed by atoms with Gasteiger partial charge in [-0.05, 0) is 42.5 Å². The number of rotatable bonds is 7. The van der Waals surface area contributed by atoms with E-state index in [4.69, 9.17) is 9.47 Å². The van der Waals surface area contributed by atoms with Crippen molar-refractivity contribution in [2.24, 2.45) is 11.8 Å². The van der Waals surface area contributed by atoms with Crippen LogP contribution in [0.4, 0.5) is 0 Å². The maximum absolute atomic E-state index is 5.43. The van der Waals surface area contributed by atoms with Crippen molar-refractivity contribution in [3.63, 3.8) is 0 Å². The summed E-state index contributed by atoms with van der Waals surface area (Å²) in [6, 6.07) is 6.34. The fourth-order valence-corrected chi connectivity index (χ4v) is 2.97. The van der Waals surface area contributed by atoms with Crippen LogP contribution in [-0.2, 0) is 5.41 Å². The van der Waals surface area contributed by atoms with Crippen LogP contribution in [0.3, 0.4) is 0 Å². The quantitative estimate of drug-likeness (QED) is 0.830. The van der Waals surface area contributed by atoms with Crippen LogP contribution < -0.4 is 14.8 Å². The van der Waals surface area contributed by atoms with E-state index in [1.54, 1.807) is 14.2 Å². The second-order valence-electron chi connectivity index (χ2n) is 6.36. The number of ether oxygens (including phenoxy) is 2. The molecule has 1 aliphatic rings. The number of benzene rings is 1. The molecular weight excluding hydrogens is 250 g/mol. The van der Waals surface area contributed by atoms with Crippen LogP contribution in [0.5, 0.6) is 11.5 Å². The molecule has 0 aromatic heterocycles. The topological polar surface area (TPSA) is 30.5 Å². The fraction of sp³-hybridized carbons (Fsp3) is 0.647. The molecule has 1 N–H and O–H groups in total. The zero-order valence-electron chi connectivity index (χ0n) is 13.3. The average Bonchev–Trinajstić information content (AvgIpc) is 3.09. The lowest BCUT2D eigenvalue weighted by atomic mass is 9.92. The van der Waals surface area contributed by atoms with E-state index in [-0.39, 0.29) is 5.41 Å². The SMILES string of the molecule is COc1ccc(C2(CNCC(C)C)CC2C)cc1OC. The Morgan fingerprint density at radius 1 is 1.25 bits per heavy atom. The van der Waals surface area contributed by atoms with Gasteiger partial charge in [-0.3, -0.25) is 0 Å². The molecule has 2 atom stereocenters. The third-order valence-electron chi connectivity index (χ3n) is 4.41. The lowest BCUT2D eigenvalue weighted by Gasteiger charge is -2.20. The van der Waals surface area contributed by atoms with E-state index in [1.807, 2.05) is 6.07 Å². The van der Waals surface area contributed by atoms with Gasteiger partial charge in [0, 0.05) is 12.0 Å². The van der Waals surface area contributed by atoms with Gasteiger partial charge < -0.3 is 14.8 Å². The highest BCUT2D eigenvalue weighted by atomic mass is 16.5. The molecule has 0 aliphatic heterocycles. The molecule has 112 valence electrons. The van der Waals surface area contributed by atoms with Gasteiger partial charge in [0.15, 0.2) is 11.5 Å². The Bertz CT molecular complexity index is 458. The van der Waals surface area contributed by atoms with E-state index < -0.39 is 0 Å². The molecule has 1 aromatic rings. The van der Waals surface area contributed by atoms with Crippen LogP contribution >= 0.6 is 0 Å². The van der Waals surface area contributed by atoms with Gasteiger partial charge in [-0.15, -0.1) is 0 Å². The van der Waals surface area contributed by atoms with Crippen LogP contribution in [0.1, 0.15) is 32.8 Å². The van der Waals surface area contributed by atoms with Crippen molar-refractivity contribution in [2.45, 2.75) is 32.6 Å². The highest BCUT2D eigenvalue weighted by Gasteiger charge is 2.52. The van der Waals surface area contributed by atoms with E-state index in [9.17, 15) is 0 Å². The second kappa shape index (κ2) is 6.04. The fourth-order valence-electron chi connectivity index (χ4n) is 2.97. The Hall–Kier alpha value is -1.22. The van der Waals surface area contributed by atoms with Gasteiger partial charge in [0.05, 0.1) is 14.2 Å². The van der Waals surface area contributed by atoms with E-state index >= 15 is 0 Å². The Balaban J connectivity index is 2.15. The summed E-state index contributed by atoms with van der Waals surface area (Å²) in [5, 5.41) is 3.61. The molecule has 2 unspecified atom stereocenters. The zero-order chi connectivity index (χ0) is 14.8. The van der Waals surface area contributed by atoms with Gasteiger partial charge in [0.1, 0.15) is 0 Å². The second-order valence-corrected chi connectivity index (χ2v) is 6.36. The first-order valence-electron chi connectivity index (χ1n) is 7.46. The summed E-state index contributed by atoms with van der Waals surface area (Å²) in [6.45, 7) is 8.93. The molecule has 1 aromatic carbocycles. The molecular formula is C17H27NO2. The monoisotopic (exact) mass is 277 g/mol. The van der Waals surface area contributed by atoms with Crippen molar-refractivity contribution in [3.8, 4) is 11.5 Å². The molecule has 0 heterocycles. The predicted molar refractivity (Wildman–Crippen MR) is 82.7 cm³/mol. The molecule has 0 spiro atoms. The summed E-state index contributed by atoms with van der Waals surface area (Å²) in [5.41, 5.74) is 1.63. The lowest BCUT2D eigenvalue weighted by molar-refractivity contribution is 0.353. The summed E-state index contributed by atoms with van der Waals surface area (Å²) >= 11 is 0. The molecule has 0 bridgehead atoms. The smallest absolute Gasteiger partial charge is 0.161 e. The van der Waals surface area contributed by atoms with Crippen molar-refractivity contribution in [1.29, 1.82) is 0 Å². The van der Waals surface area contributed by atoms with Crippen LogP contribution in [0, 0.1) is 11.8 Å². The Labute approximate surface area is 122 Å². The van der Waals surface area contributed by atoms with Gasteiger partial charge in [-0.25, -0.2) is 0 Å². The Kier molecular flexibility index (Phi) is 4.59. The van der Waals surface area contributed by atoms with Gasteiger partial charge >= 0.3 is 0 Å². The van der Waals surface area contributed by atoms with Crippen LogP contribution in [0.25, 0.3) is 0 Å². The maximum Gasteiger partial charge on any atom is 0.161 e. The van der Waals surface area contributed by atoms with Crippen LogP contribution in [-0.4, -0.2) is 27.3 Å². The maximum atomic E-state index is 5.43. The van der Waals surface area contributed by atoms with Crippen molar-refractivity contribution in [3.05, 3.63) is 23.8 Å². The van der Waals surface area contributed by atoms with E-state index in [0.29, 0.717) is 5.92 Å². The van der Waals surface area contributed by atoms with Gasteiger partial charge in [0.2, 0.25) is 0 Å². The third-order valence-corrected chi connectivity index (χ3v) is 4.41. The Morgan fingerprint density at radius 3 is 2.40 bits per heavy atom. The third kappa shape index (κ3) is 2.93. The molecule has 1 saturated carbocycles. The number of hydrogen-bond donors (Lipinski definition) is 1. The molecule has 0 amide bonds. The minimum Gasteiger partial charge on any atom is -0.493 e. The summed E-state index contributed by atoms with van der Waals surface area (Å²) in [7, 11) is 3.37. The summed E-state index contributed by atoms with van der Waals surface area (Å²) in [6.07, 6.45) is 1.24. The van der Waals surface area contributed by atoms with Gasteiger partial charge in [0.25, 0.3) is 0 Å². The Morgan fingerprint density at radius 2 is 1.90 bits per heavy atom. The van der Waals surface area contributed by atoms with Crippen LogP contribution in [0.2, 0.25) is 0 Å². The standard InChI is InChI=1S/C17H27NO2/c1-12(2)10-18-11-17(9-13(17)3)14-6-7-15(19-4)16(8-14)20-5/h6-8,12-13,18H,9-11H2,1-5H3. The summed E-state index contributed by atoms with van der Waals surface area (Å²) in [4.78, 5) is 0. The van der Waals surface area contributed by atoms with Crippen molar-refractivity contribution in [1.82, 2.24) is 5.32 Å². The predicted octanol–water partition coefficient (Wildman–Crippen LogP) is 3.23. The number of hydrogen-bond acceptors (Lipinski definition) is 3. The first kappa shape index (κ1) is 15.2. The molecule has 1 fully saturated rings. The molecule has 0 saturated heterocycles. The highest BCUT2D eigenvalue weighted by Crippen LogP contribution is 2.54. The number of methoxy groups -OCH3 is 2. The molecule has 0 radical (unpaired) electrons. The van der Waals surface area contributed by atoms with Crippen LogP contribution in [0.15, 0.2) is 18.2 Å². The van der Waals surface area contributed by atoms with Crippen molar-refractivity contribution in [2.75, 3.05) is 27.3 Å². The molecule has 2 rings (SSSR count). The number of nitrogens with one attached hydrogen (secondary N) is 1. The molecule has 3 heteroatoms. The minimum atomic E-state index is 0.272. The molecule has 3 nitrogen and oxygen atoms in total. The molecule has 1 aliphatic carbocycles. The largest absolute Gasteiger partial charge is 0.493 e. The average molecular weight is 277 g/mol. The normalized spacial score (nSPS) is 24.8. The summed E-state index contributed by atoms with van der Waals surface area (Å²) in [5.74, 6) is 3.04. The first-order chi connectivity index (χ1) is 9.53. The minimum absolute atomic E-state index is 0.272. The van der Waals surface area contributed by atoms with Gasteiger partial charge in [-0.2, -0.15) is 0 Å². The van der Waals surface area contributed by atoms with E-state index in [2.05, 4.69) is 38.2 Å². The first-order valence-corrected chi connectivity index (χ1v) is 7.46. The lowest BCUT2D eigenvalue weighted by Crippen LogP contribution is -2.31. The molecule has 20 heavy (non-hydrogen) atoms. The van der Waals surface area contributed by atoms with Crippen molar-refractivity contribution >= 4 is 0 Å². The zero-order valence-corrected chi connectivity index (χ0v) is 13.3. The van der Waals surface area contributed by atoms with Gasteiger partial charge in [-0.1, -0.05) is 26.8 Å².